The Morgan fingerprint density at radius 3 is 2.63 bits per heavy atom. The minimum atomic E-state index is -0.254. The minimum absolute atomic E-state index is 0.254. The number of carbonyl (C=O) groups excluding carboxylic acids is 1. The van der Waals surface area contributed by atoms with E-state index in [1.807, 2.05) is 23.8 Å². The first-order valence-electron chi connectivity index (χ1n) is 10.2. The molecule has 2 aromatic heterocycles. The van der Waals surface area contributed by atoms with Crippen LogP contribution in [0.25, 0.3) is 0 Å². The molecule has 0 unspecified atom stereocenters. The van der Waals surface area contributed by atoms with E-state index in [2.05, 4.69) is 49.5 Å². The van der Waals surface area contributed by atoms with Crippen LogP contribution in [-0.2, 0) is 6.42 Å². The zero-order valence-electron chi connectivity index (χ0n) is 17.0. The molecule has 30 heavy (non-hydrogen) atoms. The maximum Gasteiger partial charge on any atom is 0.275 e. The molecule has 8 heteroatoms. The fourth-order valence-electron chi connectivity index (χ4n) is 3.78. The van der Waals surface area contributed by atoms with Crippen molar-refractivity contribution in [3.8, 4) is 0 Å². The van der Waals surface area contributed by atoms with Crippen molar-refractivity contribution in [3.63, 3.8) is 0 Å². The molecule has 2 N–H and O–H groups in total. The standard InChI is InChI=1S/C22H26N6OS/c1-16(12-20-13-24-15-30-20)26-18-6-10-28(11-7-18)19-4-2-17(3-5-19)27-22(29)21-14-23-8-9-25-21/h2-5,8-9,13-16,18,26H,6-7,10-12H2,1H3,(H,27,29)/t16-/m0/s1. The highest BCUT2D eigenvalue weighted by Gasteiger charge is 2.21. The molecule has 0 aliphatic carbocycles. The molecule has 1 aromatic carbocycles. The summed E-state index contributed by atoms with van der Waals surface area (Å²) in [5.74, 6) is -0.254. The molecule has 1 atom stereocenters. The lowest BCUT2D eigenvalue weighted by Crippen LogP contribution is -2.46. The first-order chi connectivity index (χ1) is 14.7. The zero-order valence-corrected chi connectivity index (χ0v) is 17.8. The molecule has 3 heterocycles. The second-order valence-electron chi connectivity index (χ2n) is 7.59. The highest BCUT2D eigenvalue weighted by atomic mass is 32.1. The third kappa shape index (κ3) is 5.40. The average molecular weight is 423 g/mol. The first kappa shape index (κ1) is 20.4. The Morgan fingerprint density at radius 1 is 1.17 bits per heavy atom. The number of nitrogens with zero attached hydrogens (tertiary/aromatic N) is 4. The van der Waals surface area contributed by atoms with Crippen molar-refractivity contribution in [2.45, 2.75) is 38.3 Å². The molecule has 0 saturated carbocycles. The van der Waals surface area contributed by atoms with Crippen LogP contribution < -0.4 is 15.5 Å². The average Bonchev–Trinajstić information content (AvgIpc) is 3.28. The number of nitrogens with one attached hydrogen (secondary N) is 2. The molecule has 156 valence electrons. The molecular weight excluding hydrogens is 396 g/mol. The van der Waals surface area contributed by atoms with Gasteiger partial charge in [0.1, 0.15) is 5.69 Å². The lowest BCUT2D eigenvalue weighted by Gasteiger charge is -2.35. The molecule has 1 amide bonds. The fourth-order valence-corrected chi connectivity index (χ4v) is 4.50. The second-order valence-corrected chi connectivity index (χ2v) is 8.56. The number of hydrogen-bond acceptors (Lipinski definition) is 7. The van der Waals surface area contributed by atoms with Crippen molar-refractivity contribution >= 4 is 28.6 Å². The Hall–Kier alpha value is -2.84. The van der Waals surface area contributed by atoms with Crippen molar-refractivity contribution in [2.75, 3.05) is 23.3 Å². The molecule has 1 aliphatic rings. The highest BCUT2D eigenvalue weighted by Crippen LogP contribution is 2.23. The molecule has 1 fully saturated rings. The Morgan fingerprint density at radius 2 is 1.97 bits per heavy atom. The lowest BCUT2D eigenvalue weighted by atomic mass is 10.0. The number of anilines is 2. The van der Waals surface area contributed by atoms with Crippen molar-refractivity contribution in [1.82, 2.24) is 20.3 Å². The highest BCUT2D eigenvalue weighted by molar-refractivity contribution is 7.09. The third-order valence-electron chi connectivity index (χ3n) is 5.29. The van der Waals surface area contributed by atoms with Crippen molar-refractivity contribution in [3.05, 3.63) is 65.1 Å². The van der Waals surface area contributed by atoms with Crippen LogP contribution in [0.15, 0.2) is 54.6 Å². The number of piperidine rings is 1. The zero-order chi connectivity index (χ0) is 20.8. The number of benzene rings is 1. The number of hydrogen-bond donors (Lipinski definition) is 2. The molecule has 4 rings (SSSR count). The van der Waals surface area contributed by atoms with E-state index >= 15 is 0 Å². The molecule has 1 saturated heterocycles. The van der Waals surface area contributed by atoms with Gasteiger partial charge in [0, 0.05) is 60.0 Å². The van der Waals surface area contributed by atoms with E-state index in [1.54, 1.807) is 17.5 Å². The van der Waals surface area contributed by atoms with Crippen LogP contribution in [0.5, 0.6) is 0 Å². The molecule has 3 aromatic rings. The first-order valence-corrected chi connectivity index (χ1v) is 11.1. The monoisotopic (exact) mass is 422 g/mol. The van der Waals surface area contributed by atoms with Crippen LogP contribution >= 0.6 is 11.3 Å². The smallest absolute Gasteiger partial charge is 0.275 e. The molecule has 0 bridgehead atoms. The van der Waals surface area contributed by atoms with Gasteiger partial charge >= 0.3 is 0 Å². The Labute approximate surface area is 180 Å². The summed E-state index contributed by atoms with van der Waals surface area (Å²) in [6.07, 6.45) is 9.76. The number of thiazole rings is 1. The predicted molar refractivity (Wildman–Crippen MR) is 120 cm³/mol. The van der Waals surface area contributed by atoms with Gasteiger partial charge in [-0.15, -0.1) is 11.3 Å². The van der Waals surface area contributed by atoms with Gasteiger partial charge < -0.3 is 15.5 Å². The summed E-state index contributed by atoms with van der Waals surface area (Å²) >= 11 is 1.72. The summed E-state index contributed by atoms with van der Waals surface area (Å²) in [7, 11) is 0. The van der Waals surface area contributed by atoms with E-state index in [1.165, 1.54) is 23.0 Å². The Balaban J connectivity index is 1.25. The molecule has 0 spiro atoms. The lowest BCUT2D eigenvalue weighted by molar-refractivity contribution is 0.102. The van der Waals surface area contributed by atoms with Crippen molar-refractivity contribution in [2.24, 2.45) is 0 Å². The van der Waals surface area contributed by atoms with E-state index in [0.717, 1.165) is 38.0 Å². The minimum Gasteiger partial charge on any atom is -0.371 e. The molecule has 1 aliphatic heterocycles. The topological polar surface area (TPSA) is 83.0 Å². The largest absolute Gasteiger partial charge is 0.371 e. The van der Waals surface area contributed by atoms with Gasteiger partial charge in [-0.1, -0.05) is 0 Å². The van der Waals surface area contributed by atoms with Gasteiger partial charge in [0.15, 0.2) is 0 Å². The maximum atomic E-state index is 12.2. The summed E-state index contributed by atoms with van der Waals surface area (Å²) in [6, 6.07) is 9.00. The summed E-state index contributed by atoms with van der Waals surface area (Å²) in [5.41, 5.74) is 4.14. The molecular formula is C22H26N6OS. The van der Waals surface area contributed by atoms with E-state index in [9.17, 15) is 4.79 Å². The normalized spacial score (nSPS) is 15.7. The third-order valence-corrected chi connectivity index (χ3v) is 6.09. The Kier molecular flexibility index (Phi) is 6.66. The van der Waals surface area contributed by atoms with Gasteiger partial charge in [0.25, 0.3) is 5.91 Å². The molecule has 0 radical (unpaired) electrons. The van der Waals surface area contributed by atoms with Gasteiger partial charge in [-0.2, -0.15) is 0 Å². The van der Waals surface area contributed by atoms with Crippen LogP contribution in [0.1, 0.15) is 35.1 Å². The molecule has 7 nitrogen and oxygen atoms in total. The quantitative estimate of drug-likeness (QED) is 0.607. The fraction of sp³-hybridized carbons (Fsp3) is 0.364. The van der Waals surface area contributed by atoms with E-state index in [4.69, 9.17) is 0 Å². The van der Waals surface area contributed by atoms with Gasteiger partial charge in [-0.05, 0) is 50.5 Å². The van der Waals surface area contributed by atoms with Crippen molar-refractivity contribution in [1.29, 1.82) is 0 Å². The van der Waals surface area contributed by atoms with Crippen LogP contribution in [0, 0.1) is 0 Å². The van der Waals surface area contributed by atoms with Gasteiger partial charge in [0.2, 0.25) is 0 Å². The van der Waals surface area contributed by atoms with Crippen LogP contribution in [-0.4, -0.2) is 46.0 Å². The predicted octanol–water partition coefficient (Wildman–Crippen LogP) is 3.38. The number of rotatable bonds is 7. The second kappa shape index (κ2) is 9.77. The van der Waals surface area contributed by atoms with E-state index < -0.39 is 0 Å². The number of aromatic nitrogens is 3. The van der Waals surface area contributed by atoms with E-state index in [0.29, 0.717) is 17.8 Å². The summed E-state index contributed by atoms with van der Waals surface area (Å²) < 4.78 is 0. The summed E-state index contributed by atoms with van der Waals surface area (Å²) in [4.78, 5) is 28.0. The number of carbonyl (C=O) groups is 1. The van der Waals surface area contributed by atoms with Gasteiger partial charge in [-0.3, -0.25) is 14.8 Å². The number of amides is 1. The van der Waals surface area contributed by atoms with Crippen LogP contribution in [0.4, 0.5) is 11.4 Å². The summed E-state index contributed by atoms with van der Waals surface area (Å²) in [6.45, 7) is 4.30. The van der Waals surface area contributed by atoms with Gasteiger partial charge in [-0.25, -0.2) is 4.98 Å². The SMILES string of the molecule is C[C@@H](Cc1cncs1)NC1CCN(c2ccc(NC(=O)c3cnccn3)cc2)CC1. The van der Waals surface area contributed by atoms with Gasteiger partial charge in [0.05, 0.1) is 11.7 Å². The summed E-state index contributed by atoms with van der Waals surface area (Å²) in [5, 5.41) is 6.63. The van der Waals surface area contributed by atoms with Crippen molar-refractivity contribution < 1.29 is 4.79 Å². The Bertz CT molecular complexity index is 924. The van der Waals surface area contributed by atoms with E-state index in [-0.39, 0.29) is 5.91 Å². The van der Waals surface area contributed by atoms with Crippen LogP contribution in [0.3, 0.4) is 0 Å². The van der Waals surface area contributed by atoms with Crippen LogP contribution in [0.2, 0.25) is 0 Å². The maximum absolute atomic E-state index is 12.2.